The first-order valence-electron chi connectivity index (χ1n) is 4.06. The van der Waals surface area contributed by atoms with Crippen molar-refractivity contribution < 1.29 is 19.8 Å². The van der Waals surface area contributed by atoms with E-state index in [1.807, 2.05) is 0 Å². The summed E-state index contributed by atoms with van der Waals surface area (Å²) >= 11 is 0. The molecule has 0 unspecified atom stereocenters. The Morgan fingerprint density at radius 1 is 0.769 bits per heavy atom. The summed E-state index contributed by atoms with van der Waals surface area (Å²) in [5, 5.41) is 16.5. The van der Waals surface area contributed by atoms with Crippen LogP contribution in [0.15, 0.2) is 0 Å². The average Bonchev–Trinajstić information content (AvgIpc) is 1.95. The van der Waals surface area contributed by atoms with Crippen LogP contribution in [-0.2, 0) is 9.59 Å². The van der Waals surface area contributed by atoms with Gasteiger partial charge in [0, 0.05) is 12.8 Å². The van der Waals surface area contributed by atoms with E-state index in [4.69, 9.17) is 10.2 Å². The van der Waals surface area contributed by atoms with Crippen molar-refractivity contribution in [2.24, 2.45) is 0 Å². The molecule has 0 amide bonds. The average molecular weight is 261 g/mol. The summed E-state index contributed by atoms with van der Waals surface area (Å²) in [6, 6.07) is 0. The summed E-state index contributed by atoms with van der Waals surface area (Å²) in [5.74, 6) is -1.57. The van der Waals surface area contributed by atoms with Gasteiger partial charge in [0.25, 0.3) is 0 Å². The fourth-order valence-corrected chi connectivity index (χ4v) is 0.906. The summed E-state index contributed by atoms with van der Waals surface area (Å²) in [7, 11) is 0. The van der Waals surface area contributed by atoms with Crippen molar-refractivity contribution in [3.63, 3.8) is 0 Å². The van der Waals surface area contributed by atoms with Crippen LogP contribution in [0.5, 0.6) is 0 Å². The number of carbonyl (C=O) groups is 2. The number of unbranched alkanes of at least 4 members (excludes halogenated alkanes) is 3. The third-order valence-electron chi connectivity index (χ3n) is 1.53. The van der Waals surface area contributed by atoms with Gasteiger partial charge >= 0.3 is 70.1 Å². The zero-order chi connectivity index (χ0) is 9.40. The number of carboxylic acid groups (broad SMARTS) is 2. The van der Waals surface area contributed by atoms with Gasteiger partial charge < -0.3 is 10.2 Å². The van der Waals surface area contributed by atoms with Crippen LogP contribution >= 0.6 is 0 Å². The third kappa shape index (κ3) is 15.5. The number of aliphatic carboxylic acids is 2. The number of carboxylic acids is 2. The van der Waals surface area contributed by atoms with Crippen LogP contribution < -0.4 is 0 Å². The molecular weight excluding hydrogens is 246 g/mol. The topological polar surface area (TPSA) is 74.6 Å². The Bertz CT molecular complexity index is 140. The van der Waals surface area contributed by atoms with Gasteiger partial charge in [-0.25, -0.2) is 0 Å². The molecular formula is C8H15O4Rb. The molecule has 2 N–H and O–H groups in total. The first-order valence-corrected chi connectivity index (χ1v) is 4.06. The van der Waals surface area contributed by atoms with Gasteiger partial charge in [0.05, 0.1) is 0 Å². The van der Waals surface area contributed by atoms with Crippen molar-refractivity contribution in [1.82, 2.24) is 0 Å². The van der Waals surface area contributed by atoms with Gasteiger partial charge in [0.2, 0.25) is 0 Å². The van der Waals surface area contributed by atoms with Crippen LogP contribution in [0.4, 0.5) is 0 Å². The van der Waals surface area contributed by atoms with Crippen LogP contribution in [0.25, 0.3) is 0 Å². The van der Waals surface area contributed by atoms with Crippen molar-refractivity contribution in [2.75, 3.05) is 0 Å². The molecule has 0 heterocycles. The summed E-state index contributed by atoms with van der Waals surface area (Å²) < 4.78 is 0. The Hall–Kier alpha value is 0.745. The molecule has 0 aliphatic carbocycles. The normalized spacial score (nSPS) is 8.92. The molecule has 0 aliphatic heterocycles. The molecule has 0 fully saturated rings. The molecule has 4 nitrogen and oxygen atoms in total. The monoisotopic (exact) mass is 260 g/mol. The predicted molar refractivity (Wildman–Crippen MR) is 50.1 cm³/mol. The van der Waals surface area contributed by atoms with Gasteiger partial charge in [0.1, 0.15) is 0 Å². The first kappa shape index (κ1) is 16.2. The van der Waals surface area contributed by atoms with E-state index in [9.17, 15) is 9.59 Å². The molecule has 0 radical (unpaired) electrons. The summed E-state index contributed by atoms with van der Waals surface area (Å²) in [5.41, 5.74) is 0. The Labute approximate surface area is 126 Å². The number of hydrogen-bond donors (Lipinski definition) is 2. The van der Waals surface area contributed by atoms with Crippen LogP contribution in [0.3, 0.4) is 0 Å². The molecule has 0 aliphatic rings. The minimum absolute atomic E-state index is 0. The zero-order valence-electron chi connectivity index (χ0n) is 6.95. The van der Waals surface area contributed by atoms with Gasteiger partial charge in [0.15, 0.2) is 0 Å². The maximum atomic E-state index is 10.0. The summed E-state index contributed by atoms with van der Waals surface area (Å²) in [6.45, 7) is 0. The number of hydrogen-bond acceptors (Lipinski definition) is 2. The van der Waals surface area contributed by atoms with Gasteiger partial charge in [-0.1, -0.05) is 12.8 Å². The molecule has 72 valence electrons. The van der Waals surface area contributed by atoms with Crippen molar-refractivity contribution >= 4 is 70.1 Å². The second-order valence-corrected chi connectivity index (χ2v) is 2.70. The van der Waals surface area contributed by atoms with E-state index < -0.39 is 11.9 Å². The third-order valence-corrected chi connectivity index (χ3v) is 1.53. The van der Waals surface area contributed by atoms with E-state index in [1.54, 1.807) is 0 Å². The second kappa shape index (κ2) is 10.8. The Morgan fingerprint density at radius 3 is 1.31 bits per heavy atom. The summed E-state index contributed by atoms with van der Waals surface area (Å²) in [4.78, 5) is 20.1. The molecule has 0 aromatic carbocycles. The van der Waals surface area contributed by atoms with Gasteiger partial charge in [-0.15, -0.1) is 0 Å². The van der Waals surface area contributed by atoms with Crippen molar-refractivity contribution in [3.05, 3.63) is 0 Å². The molecule has 0 spiro atoms. The van der Waals surface area contributed by atoms with E-state index in [1.165, 1.54) is 0 Å². The van der Waals surface area contributed by atoms with Gasteiger partial charge in [-0.2, -0.15) is 0 Å². The van der Waals surface area contributed by atoms with E-state index in [-0.39, 0.29) is 71.0 Å². The molecule has 0 aromatic rings. The Kier molecular flexibility index (Phi) is 13.5. The molecule has 0 saturated carbocycles. The first-order chi connectivity index (χ1) is 5.63. The van der Waals surface area contributed by atoms with Crippen LogP contribution in [-0.4, -0.2) is 80.3 Å². The Balaban J connectivity index is 0. The molecule has 5 heteroatoms. The number of rotatable bonds is 7. The van der Waals surface area contributed by atoms with Crippen LogP contribution in [0, 0.1) is 0 Å². The van der Waals surface area contributed by atoms with E-state index in [2.05, 4.69) is 0 Å². The van der Waals surface area contributed by atoms with E-state index in [0.29, 0.717) is 12.8 Å². The molecule has 0 saturated heterocycles. The second-order valence-electron chi connectivity index (χ2n) is 2.70. The summed E-state index contributed by atoms with van der Waals surface area (Å²) in [6.07, 6.45) is 3.28. The van der Waals surface area contributed by atoms with E-state index in [0.717, 1.165) is 12.8 Å². The standard InChI is InChI=1S/C8H14O4.Rb.H/c9-7(10)5-3-1-2-4-6-8(11)12;;/h1-6H2,(H,9,10)(H,11,12);;. The van der Waals surface area contributed by atoms with Crippen LogP contribution in [0.2, 0.25) is 0 Å². The molecule has 0 aromatic heterocycles. The predicted octanol–water partition coefficient (Wildman–Crippen LogP) is 0.848. The molecule has 0 atom stereocenters. The van der Waals surface area contributed by atoms with E-state index >= 15 is 0 Å². The SMILES string of the molecule is O=C(O)CCCCCCC(=O)O.[RbH]. The quantitative estimate of drug-likeness (QED) is 0.666. The van der Waals surface area contributed by atoms with Crippen molar-refractivity contribution in [1.29, 1.82) is 0 Å². The maximum absolute atomic E-state index is 10.0. The van der Waals surface area contributed by atoms with Gasteiger partial charge in [-0.05, 0) is 12.8 Å². The van der Waals surface area contributed by atoms with Crippen LogP contribution in [0.1, 0.15) is 38.5 Å². The van der Waals surface area contributed by atoms with Crippen molar-refractivity contribution in [3.8, 4) is 0 Å². The fraction of sp³-hybridized carbons (Fsp3) is 0.750. The minimum atomic E-state index is -0.784. The fourth-order valence-electron chi connectivity index (χ4n) is 0.906. The van der Waals surface area contributed by atoms with Crippen molar-refractivity contribution in [2.45, 2.75) is 38.5 Å². The molecule has 13 heavy (non-hydrogen) atoms. The Morgan fingerprint density at radius 2 is 1.08 bits per heavy atom. The zero-order valence-corrected chi connectivity index (χ0v) is 6.95. The molecule has 0 rings (SSSR count). The van der Waals surface area contributed by atoms with Gasteiger partial charge in [-0.3, -0.25) is 9.59 Å². The molecule has 0 bridgehead atoms.